The van der Waals surface area contributed by atoms with Crippen LogP contribution >= 0.6 is 11.6 Å². The minimum absolute atomic E-state index is 0.241. The Morgan fingerprint density at radius 2 is 1.83 bits per heavy atom. The standard InChI is InChI=1S/C9H17ClO2/c1-4-7(5-2)8(10)9(11)12-6-3/h7-8H,4-6H2,1-3H3. The number of halogens is 1. The molecule has 0 aromatic carbocycles. The van der Waals surface area contributed by atoms with E-state index < -0.39 is 5.38 Å². The van der Waals surface area contributed by atoms with Gasteiger partial charge in [0, 0.05) is 0 Å². The first-order chi connectivity index (χ1) is 5.67. The molecule has 0 saturated carbocycles. The van der Waals surface area contributed by atoms with Crippen LogP contribution in [-0.2, 0) is 9.53 Å². The Morgan fingerprint density at radius 1 is 1.33 bits per heavy atom. The van der Waals surface area contributed by atoms with Crippen molar-refractivity contribution in [2.24, 2.45) is 5.92 Å². The lowest BCUT2D eigenvalue weighted by Crippen LogP contribution is -2.25. The van der Waals surface area contributed by atoms with Crippen molar-refractivity contribution >= 4 is 17.6 Å². The van der Waals surface area contributed by atoms with Gasteiger partial charge in [-0.3, -0.25) is 4.79 Å². The van der Waals surface area contributed by atoms with Crippen molar-refractivity contribution in [1.82, 2.24) is 0 Å². The molecule has 0 radical (unpaired) electrons. The molecule has 0 aromatic rings. The van der Waals surface area contributed by atoms with E-state index in [-0.39, 0.29) is 11.9 Å². The number of rotatable bonds is 5. The van der Waals surface area contributed by atoms with Crippen molar-refractivity contribution in [3.63, 3.8) is 0 Å². The second-order valence-corrected chi connectivity index (χ2v) is 3.20. The summed E-state index contributed by atoms with van der Waals surface area (Å²) >= 11 is 5.90. The van der Waals surface area contributed by atoms with E-state index in [1.165, 1.54) is 0 Å². The number of hydrogen-bond acceptors (Lipinski definition) is 2. The van der Waals surface area contributed by atoms with Crippen LogP contribution in [-0.4, -0.2) is 18.0 Å². The third-order valence-electron chi connectivity index (χ3n) is 1.97. The Labute approximate surface area is 79.2 Å². The van der Waals surface area contributed by atoms with Crippen LogP contribution in [0.15, 0.2) is 0 Å². The molecule has 2 nitrogen and oxygen atoms in total. The smallest absolute Gasteiger partial charge is 0.324 e. The van der Waals surface area contributed by atoms with E-state index in [1.807, 2.05) is 13.8 Å². The second-order valence-electron chi connectivity index (χ2n) is 2.73. The lowest BCUT2D eigenvalue weighted by Gasteiger charge is -2.16. The largest absolute Gasteiger partial charge is 0.465 e. The molecule has 0 bridgehead atoms. The molecule has 1 unspecified atom stereocenters. The molecule has 0 aliphatic heterocycles. The van der Waals surface area contributed by atoms with Gasteiger partial charge in [0.05, 0.1) is 6.61 Å². The van der Waals surface area contributed by atoms with Crippen LogP contribution < -0.4 is 0 Å². The second kappa shape index (κ2) is 6.30. The van der Waals surface area contributed by atoms with Gasteiger partial charge in [-0.1, -0.05) is 26.7 Å². The molecule has 12 heavy (non-hydrogen) atoms. The summed E-state index contributed by atoms with van der Waals surface area (Å²) in [5.74, 6) is -0.0430. The summed E-state index contributed by atoms with van der Waals surface area (Å²) in [5.41, 5.74) is 0. The van der Waals surface area contributed by atoms with Gasteiger partial charge in [0.25, 0.3) is 0 Å². The Kier molecular flexibility index (Phi) is 6.17. The van der Waals surface area contributed by atoms with Crippen LogP contribution in [0.2, 0.25) is 0 Å². The number of hydrogen-bond donors (Lipinski definition) is 0. The Bertz CT molecular complexity index is 132. The number of esters is 1. The summed E-state index contributed by atoms with van der Waals surface area (Å²) in [6.45, 7) is 6.25. The Balaban J connectivity index is 3.96. The molecule has 0 aliphatic carbocycles. The highest BCUT2D eigenvalue weighted by molar-refractivity contribution is 6.30. The van der Waals surface area contributed by atoms with Crippen LogP contribution in [0.3, 0.4) is 0 Å². The number of carbonyl (C=O) groups excluding carboxylic acids is 1. The van der Waals surface area contributed by atoms with E-state index >= 15 is 0 Å². The average Bonchev–Trinajstić information content (AvgIpc) is 2.07. The number of ether oxygens (including phenoxy) is 1. The predicted molar refractivity (Wildman–Crippen MR) is 50.3 cm³/mol. The zero-order valence-corrected chi connectivity index (χ0v) is 8.73. The lowest BCUT2D eigenvalue weighted by atomic mass is 9.99. The van der Waals surface area contributed by atoms with Crippen molar-refractivity contribution in [3.8, 4) is 0 Å². The van der Waals surface area contributed by atoms with Crippen molar-refractivity contribution in [3.05, 3.63) is 0 Å². The van der Waals surface area contributed by atoms with E-state index in [9.17, 15) is 4.79 Å². The molecule has 0 aliphatic rings. The lowest BCUT2D eigenvalue weighted by molar-refractivity contribution is -0.143. The van der Waals surface area contributed by atoms with E-state index in [0.29, 0.717) is 6.61 Å². The highest BCUT2D eigenvalue weighted by atomic mass is 35.5. The minimum atomic E-state index is -0.472. The topological polar surface area (TPSA) is 26.3 Å². The maximum atomic E-state index is 11.1. The van der Waals surface area contributed by atoms with Gasteiger partial charge >= 0.3 is 5.97 Å². The third-order valence-corrected chi connectivity index (χ3v) is 2.51. The quantitative estimate of drug-likeness (QED) is 0.495. The summed E-state index contributed by atoms with van der Waals surface area (Å²) in [6.07, 6.45) is 1.84. The summed E-state index contributed by atoms with van der Waals surface area (Å²) in [4.78, 5) is 11.1. The zero-order valence-electron chi connectivity index (χ0n) is 7.97. The fraction of sp³-hybridized carbons (Fsp3) is 0.889. The highest BCUT2D eigenvalue weighted by Gasteiger charge is 2.24. The number of alkyl halides is 1. The minimum Gasteiger partial charge on any atom is -0.465 e. The first kappa shape index (κ1) is 11.8. The summed E-state index contributed by atoms with van der Waals surface area (Å²) in [6, 6.07) is 0. The van der Waals surface area contributed by atoms with Gasteiger partial charge in [-0.25, -0.2) is 0 Å². The summed E-state index contributed by atoms with van der Waals surface area (Å²) in [5, 5.41) is -0.472. The molecule has 0 saturated heterocycles. The maximum absolute atomic E-state index is 11.1. The third kappa shape index (κ3) is 3.44. The Hall–Kier alpha value is -0.240. The van der Waals surface area contributed by atoms with E-state index in [4.69, 9.17) is 16.3 Å². The normalized spacial score (nSPS) is 13.1. The van der Waals surface area contributed by atoms with E-state index in [0.717, 1.165) is 12.8 Å². The van der Waals surface area contributed by atoms with E-state index in [1.54, 1.807) is 6.92 Å². The van der Waals surface area contributed by atoms with Gasteiger partial charge in [0.1, 0.15) is 5.38 Å². The fourth-order valence-corrected chi connectivity index (χ4v) is 1.54. The molecule has 0 aromatic heterocycles. The van der Waals surface area contributed by atoms with Gasteiger partial charge < -0.3 is 4.74 Å². The van der Waals surface area contributed by atoms with Gasteiger partial charge in [-0.05, 0) is 12.8 Å². The van der Waals surface area contributed by atoms with Gasteiger partial charge in [-0.2, -0.15) is 0 Å². The molecule has 72 valence electrons. The monoisotopic (exact) mass is 192 g/mol. The van der Waals surface area contributed by atoms with E-state index in [2.05, 4.69) is 0 Å². The summed E-state index contributed by atoms with van der Waals surface area (Å²) in [7, 11) is 0. The van der Waals surface area contributed by atoms with Crippen LogP contribution in [0.5, 0.6) is 0 Å². The fourth-order valence-electron chi connectivity index (χ4n) is 1.12. The van der Waals surface area contributed by atoms with Crippen LogP contribution in [0, 0.1) is 5.92 Å². The SMILES string of the molecule is CCOC(=O)C(Cl)C(CC)CC. The van der Waals surface area contributed by atoms with Crippen LogP contribution in [0.1, 0.15) is 33.6 Å². The molecule has 0 spiro atoms. The molecular weight excluding hydrogens is 176 g/mol. The summed E-state index contributed by atoms with van der Waals surface area (Å²) < 4.78 is 4.82. The Morgan fingerprint density at radius 3 is 2.17 bits per heavy atom. The predicted octanol–water partition coefficient (Wildman–Crippen LogP) is 2.59. The molecule has 0 N–H and O–H groups in total. The molecule has 1 atom stereocenters. The molecular formula is C9H17ClO2. The van der Waals surface area contributed by atoms with Crippen molar-refractivity contribution in [1.29, 1.82) is 0 Å². The molecule has 0 rings (SSSR count). The van der Waals surface area contributed by atoms with Crippen LogP contribution in [0.25, 0.3) is 0 Å². The van der Waals surface area contributed by atoms with Gasteiger partial charge in [0.2, 0.25) is 0 Å². The van der Waals surface area contributed by atoms with Gasteiger partial charge in [0.15, 0.2) is 0 Å². The van der Waals surface area contributed by atoms with Crippen LogP contribution in [0.4, 0.5) is 0 Å². The van der Waals surface area contributed by atoms with Gasteiger partial charge in [-0.15, -0.1) is 11.6 Å². The van der Waals surface area contributed by atoms with Crippen molar-refractivity contribution in [2.45, 2.75) is 39.0 Å². The van der Waals surface area contributed by atoms with Crippen molar-refractivity contribution in [2.75, 3.05) is 6.61 Å². The molecule has 0 amide bonds. The average molecular weight is 193 g/mol. The molecule has 3 heteroatoms. The highest BCUT2D eigenvalue weighted by Crippen LogP contribution is 2.19. The molecule has 0 heterocycles. The first-order valence-corrected chi connectivity index (χ1v) is 4.91. The molecule has 0 fully saturated rings. The first-order valence-electron chi connectivity index (χ1n) is 4.47. The van der Waals surface area contributed by atoms with Crippen molar-refractivity contribution < 1.29 is 9.53 Å². The number of carbonyl (C=O) groups is 1. The maximum Gasteiger partial charge on any atom is 0.324 e. The zero-order chi connectivity index (χ0) is 9.56.